The molecule has 0 amide bonds. The smallest absolute Gasteiger partial charge is 0.139 e. The molecule has 4 nitrogen and oxygen atoms in total. The van der Waals surface area contributed by atoms with Crippen molar-refractivity contribution in [2.24, 2.45) is 13.0 Å². The fourth-order valence-electron chi connectivity index (χ4n) is 2.74. The van der Waals surface area contributed by atoms with Crippen molar-refractivity contribution in [2.45, 2.75) is 19.3 Å². The summed E-state index contributed by atoms with van der Waals surface area (Å²) in [4.78, 5) is 12.1. The highest BCUT2D eigenvalue weighted by Gasteiger charge is 2.20. The van der Waals surface area contributed by atoms with E-state index in [4.69, 9.17) is 4.74 Å². The number of para-hydroxylation sites is 1. The number of aromatic nitrogens is 2. The maximum Gasteiger partial charge on any atom is 0.139 e. The second-order valence-corrected chi connectivity index (χ2v) is 5.24. The summed E-state index contributed by atoms with van der Waals surface area (Å²) in [5.41, 5.74) is 1.97. The van der Waals surface area contributed by atoms with Crippen LogP contribution in [0.3, 0.4) is 0 Å². The van der Waals surface area contributed by atoms with E-state index in [1.165, 1.54) is 0 Å². The molecule has 0 spiro atoms. The lowest BCUT2D eigenvalue weighted by Gasteiger charge is -2.05. The Kier molecular flexibility index (Phi) is 3.34. The average Bonchev–Trinajstić information content (AvgIpc) is 3.00. The van der Waals surface area contributed by atoms with Gasteiger partial charge in [-0.25, -0.2) is 0 Å². The number of aryl methyl sites for hydroxylation is 1. The van der Waals surface area contributed by atoms with Crippen LogP contribution in [0, 0.1) is 5.92 Å². The quantitative estimate of drug-likeness (QED) is 0.843. The Labute approximate surface area is 112 Å². The van der Waals surface area contributed by atoms with E-state index < -0.39 is 0 Å². The van der Waals surface area contributed by atoms with Crippen LogP contribution in [-0.4, -0.2) is 28.8 Å². The normalized spacial score (nSPS) is 19.1. The maximum atomic E-state index is 12.1. The van der Waals surface area contributed by atoms with Gasteiger partial charge in [-0.15, -0.1) is 0 Å². The lowest BCUT2D eigenvalue weighted by molar-refractivity contribution is -0.119. The van der Waals surface area contributed by atoms with Gasteiger partial charge in [0.15, 0.2) is 0 Å². The van der Waals surface area contributed by atoms with Crippen molar-refractivity contribution < 1.29 is 9.53 Å². The number of fused-ring (bicyclic) bond motifs is 1. The number of Topliss-reactive ketones (excluding diaryl/α,β-unsaturated/α-hetero) is 1. The van der Waals surface area contributed by atoms with Crippen LogP contribution >= 0.6 is 0 Å². The summed E-state index contributed by atoms with van der Waals surface area (Å²) in [6.45, 7) is 1.53. The summed E-state index contributed by atoms with van der Waals surface area (Å²) >= 11 is 0. The number of benzene rings is 1. The molecule has 1 aliphatic rings. The first-order valence-corrected chi connectivity index (χ1v) is 6.74. The summed E-state index contributed by atoms with van der Waals surface area (Å²) in [5.74, 6) is 0.668. The molecule has 0 saturated carbocycles. The number of ether oxygens (including phenoxy) is 1. The van der Waals surface area contributed by atoms with Gasteiger partial charge in [-0.1, -0.05) is 18.2 Å². The zero-order valence-electron chi connectivity index (χ0n) is 11.1. The minimum Gasteiger partial charge on any atom is -0.381 e. The van der Waals surface area contributed by atoms with E-state index in [1.54, 1.807) is 0 Å². The van der Waals surface area contributed by atoms with Crippen molar-refractivity contribution in [1.82, 2.24) is 9.78 Å². The minimum absolute atomic E-state index is 0.263. The van der Waals surface area contributed by atoms with E-state index in [0.717, 1.165) is 36.2 Å². The van der Waals surface area contributed by atoms with Gasteiger partial charge >= 0.3 is 0 Å². The van der Waals surface area contributed by atoms with E-state index >= 15 is 0 Å². The first-order chi connectivity index (χ1) is 9.24. The summed E-state index contributed by atoms with van der Waals surface area (Å²) < 4.78 is 7.15. The largest absolute Gasteiger partial charge is 0.381 e. The fourth-order valence-corrected chi connectivity index (χ4v) is 2.74. The number of ketones is 1. The maximum absolute atomic E-state index is 12.1. The van der Waals surface area contributed by atoms with E-state index in [1.807, 2.05) is 36.0 Å². The molecule has 1 fully saturated rings. The average molecular weight is 258 g/mol. The van der Waals surface area contributed by atoms with Crippen LogP contribution in [0.25, 0.3) is 10.9 Å². The number of carbonyl (C=O) groups excluding carboxylic acids is 1. The third-order valence-corrected chi connectivity index (χ3v) is 3.74. The highest BCUT2D eigenvalue weighted by Crippen LogP contribution is 2.21. The molecule has 100 valence electrons. The molecule has 0 radical (unpaired) electrons. The number of carbonyl (C=O) groups is 1. The summed E-state index contributed by atoms with van der Waals surface area (Å²) in [5, 5.41) is 5.55. The lowest BCUT2D eigenvalue weighted by Crippen LogP contribution is -2.11. The Morgan fingerprint density at radius 3 is 3.11 bits per heavy atom. The minimum atomic E-state index is 0.263. The topological polar surface area (TPSA) is 44.1 Å². The van der Waals surface area contributed by atoms with Gasteiger partial charge in [-0.05, 0) is 18.4 Å². The monoisotopic (exact) mass is 258 g/mol. The highest BCUT2D eigenvalue weighted by atomic mass is 16.5. The van der Waals surface area contributed by atoms with E-state index in [-0.39, 0.29) is 5.78 Å². The fraction of sp³-hybridized carbons (Fsp3) is 0.467. The van der Waals surface area contributed by atoms with Gasteiger partial charge in [-0.3, -0.25) is 9.48 Å². The molecular weight excluding hydrogens is 240 g/mol. The van der Waals surface area contributed by atoms with Crippen molar-refractivity contribution >= 4 is 16.7 Å². The molecule has 1 saturated heterocycles. The number of hydrogen-bond donors (Lipinski definition) is 0. The molecule has 2 aromatic rings. The molecule has 1 aromatic carbocycles. The SMILES string of the molecule is Cn1nc(CC(=O)CC2CCOC2)c2ccccc21. The Morgan fingerprint density at radius 2 is 2.32 bits per heavy atom. The second-order valence-electron chi connectivity index (χ2n) is 5.24. The van der Waals surface area contributed by atoms with Crippen LogP contribution in [0.1, 0.15) is 18.5 Å². The van der Waals surface area contributed by atoms with Crippen LogP contribution < -0.4 is 0 Å². The highest BCUT2D eigenvalue weighted by molar-refractivity contribution is 5.88. The Morgan fingerprint density at radius 1 is 1.47 bits per heavy atom. The van der Waals surface area contributed by atoms with Crippen LogP contribution in [0.5, 0.6) is 0 Å². The molecule has 0 bridgehead atoms. The molecule has 1 aromatic heterocycles. The molecule has 1 unspecified atom stereocenters. The standard InChI is InChI=1S/C15H18N2O2/c1-17-15-5-3-2-4-13(15)14(16-17)9-12(18)8-11-6-7-19-10-11/h2-5,11H,6-10H2,1H3. The second kappa shape index (κ2) is 5.13. The van der Waals surface area contributed by atoms with E-state index in [0.29, 0.717) is 18.8 Å². The third kappa shape index (κ3) is 2.54. The summed E-state index contributed by atoms with van der Waals surface area (Å²) in [7, 11) is 1.92. The van der Waals surface area contributed by atoms with Gasteiger partial charge in [0.1, 0.15) is 5.78 Å². The summed E-state index contributed by atoms with van der Waals surface area (Å²) in [6.07, 6.45) is 2.05. The predicted octanol–water partition coefficient (Wildman–Crippen LogP) is 2.11. The zero-order valence-corrected chi connectivity index (χ0v) is 11.1. The first-order valence-electron chi connectivity index (χ1n) is 6.74. The van der Waals surface area contributed by atoms with Crippen LogP contribution in [-0.2, 0) is 23.0 Å². The van der Waals surface area contributed by atoms with Gasteiger partial charge in [0, 0.05) is 32.1 Å². The molecule has 1 atom stereocenters. The number of hydrogen-bond acceptors (Lipinski definition) is 3. The Bertz CT molecular complexity index is 597. The van der Waals surface area contributed by atoms with Crippen LogP contribution in [0.4, 0.5) is 0 Å². The van der Waals surface area contributed by atoms with Gasteiger partial charge in [0.05, 0.1) is 17.6 Å². The molecule has 0 N–H and O–H groups in total. The number of rotatable bonds is 4. The zero-order chi connectivity index (χ0) is 13.2. The van der Waals surface area contributed by atoms with Gasteiger partial charge in [0.25, 0.3) is 0 Å². The molecule has 4 heteroatoms. The van der Waals surface area contributed by atoms with Gasteiger partial charge in [0.2, 0.25) is 0 Å². The molecule has 19 heavy (non-hydrogen) atoms. The third-order valence-electron chi connectivity index (χ3n) is 3.74. The van der Waals surface area contributed by atoms with Crippen molar-refractivity contribution in [2.75, 3.05) is 13.2 Å². The molecule has 0 aliphatic carbocycles. The molecular formula is C15H18N2O2. The number of nitrogens with zero attached hydrogens (tertiary/aromatic N) is 2. The van der Waals surface area contributed by atoms with Crippen LogP contribution in [0.15, 0.2) is 24.3 Å². The van der Waals surface area contributed by atoms with E-state index in [2.05, 4.69) is 5.10 Å². The molecule has 2 heterocycles. The van der Waals surface area contributed by atoms with Crippen molar-refractivity contribution in [1.29, 1.82) is 0 Å². The molecule has 1 aliphatic heterocycles. The Balaban J connectivity index is 1.75. The first kappa shape index (κ1) is 12.4. The van der Waals surface area contributed by atoms with Gasteiger partial charge in [-0.2, -0.15) is 5.10 Å². The van der Waals surface area contributed by atoms with Crippen molar-refractivity contribution in [3.05, 3.63) is 30.0 Å². The van der Waals surface area contributed by atoms with E-state index in [9.17, 15) is 4.79 Å². The summed E-state index contributed by atoms with van der Waals surface area (Å²) in [6, 6.07) is 8.04. The van der Waals surface area contributed by atoms with Gasteiger partial charge < -0.3 is 4.74 Å². The molecule has 3 rings (SSSR count). The Hall–Kier alpha value is -1.68. The lowest BCUT2D eigenvalue weighted by atomic mass is 9.99. The predicted molar refractivity (Wildman–Crippen MR) is 73.0 cm³/mol. The van der Waals surface area contributed by atoms with Crippen molar-refractivity contribution in [3.63, 3.8) is 0 Å². The van der Waals surface area contributed by atoms with Crippen molar-refractivity contribution in [3.8, 4) is 0 Å². The van der Waals surface area contributed by atoms with Crippen LogP contribution in [0.2, 0.25) is 0 Å².